The van der Waals surface area contributed by atoms with Gasteiger partial charge < -0.3 is 11.1 Å². The molecule has 16 heavy (non-hydrogen) atoms. The molecule has 0 heterocycles. The molecule has 0 spiro atoms. The molecular weight excluding hydrogens is 196 g/mol. The first-order chi connectivity index (χ1) is 7.51. The summed E-state index contributed by atoms with van der Waals surface area (Å²) in [7, 11) is 0. The molecule has 3 N–H and O–H groups in total. The van der Waals surface area contributed by atoms with Crippen molar-refractivity contribution < 1.29 is 0 Å². The van der Waals surface area contributed by atoms with Crippen LogP contribution in [0, 0.1) is 0 Å². The molecule has 90 valence electrons. The lowest BCUT2D eigenvalue weighted by atomic mass is 10.1. The zero-order chi connectivity index (χ0) is 12.0. The van der Waals surface area contributed by atoms with Gasteiger partial charge in [-0.25, -0.2) is 0 Å². The molecule has 2 heteroatoms. The SMILES string of the molecule is CCc1ccc(CCNCC(C)(C)N)cc1. The van der Waals surface area contributed by atoms with Gasteiger partial charge in [0.15, 0.2) is 0 Å². The normalized spacial score (nSPS) is 11.8. The Morgan fingerprint density at radius 1 is 1.12 bits per heavy atom. The summed E-state index contributed by atoms with van der Waals surface area (Å²) >= 11 is 0. The standard InChI is InChI=1S/C14H24N2/c1-4-12-5-7-13(8-6-12)9-10-16-11-14(2,3)15/h5-8,16H,4,9-11,15H2,1-3H3. The number of hydrogen-bond acceptors (Lipinski definition) is 2. The lowest BCUT2D eigenvalue weighted by molar-refractivity contribution is 0.469. The summed E-state index contributed by atoms with van der Waals surface area (Å²) in [4.78, 5) is 0. The van der Waals surface area contributed by atoms with E-state index in [9.17, 15) is 0 Å². The monoisotopic (exact) mass is 220 g/mol. The van der Waals surface area contributed by atoms with Gasteiger partial charge in [-0.2, -0.15) is 0 Å². The molecule has 1 aromatic carbocycles. The van der Waals surface area contributed by atoms with E-state index in [1.807, 2.05) is 13.8 Å². The molecule has 0 aliphatic heterocycles. The van der Waals surface area contributed by atoms with Crippen molar-refractivity contribution in [3.05, 3.63) is 35.4 Å². The minimum absolute atomic E-state index is 0.119. The molecule has 0 aliphatic rings. The summed E-state index contributed by atoms with van der Waals surface area (Å²) in [6, 6.07) is 8.85. The average Bonchev–Trinajstić information content (AvgIpc) is 2.24. The maximum atomic E-state index is 5.89. The van der Waals surface area contributed by atoms with Crippen molar-refractivity contribution in [1.29, 1.82) is 0 Å². The van der Waals surface area contributed by atoms with Gasteiger partial charge in [0, 0.05) is 12.1 Å². The van der Waals surface area contributed by atoms with Gasteiger partial charge in [0.2, 0.25) is 0 Å². The zero-order valence-electron chi connectivity index (χ0n) is 10.7. The number of nitrogens with one attached hydrogen (secondary N) is 1. The van der Waals surface area contributed by atoms with E-state index in [0.29, 0.717) is 0 Å². The predicted molar refractivity (Wildman–Crippen MR) is 70.7 cm³/mol. The molecule has 0 saturated carbocycles. The Labute approximate surface area is 99.2 Å². The molecule has 0 saturated heterocycles. The van der Waals surface area contributed by atoms with E-state index in [-0.39, 0.29) is 5.54 Å². The van der Waals surface area contributed by atoms with Gasteiger partial charge >= 0.3 is 0 Å². The zero-order valence-corrected chi connectivity index (χ0v) is 10.7. The third kappa shape index (κ3) is 5.29. The van der Waals surface area contributed by atoms with Crippen molar-refractivity contribution in [3.63, 3.8) is 0 Å². The summed E-state index contributed by atoms with van der Waals surface area (Å²) in [6.45, 7) is 8.11. The highest BCUT2D eigenvalue weighted by molar-refractivity contribution is 5.22. The fourth-order valence-corrected chi connectivity index (χ4v) is 1.58. The summed E-state index contributed by atoms with van der Waals surface area (Å²) < 4.78 is 0. The number of rotatable bonds is 6. The summed E-state index contributed by atoms with van der Waals surface area (Å²) in [5.41, 5.74) is 8.56. The minimum Gasteiger partial charge on any atom is -0.324 e. The highest BCUT2D eigenvalue weighted by atomic mass is 14.9. The van der Waals surface area contributed by atoms with E-state index in [1.54, 1.807) is 0 Å². The second kappa shape index (κ2) is 6.02. The maximum absolute atomic E-state index is 5.89. The van der Waals surface area contributed by atoms with Gasteiger partial charge in [-0.1, -0.05) is 31.2 Å². The van der Waals surface area contributed by atoms with Gasteiger partial charge in [0.25, 0.3) is 0 Å². The largest absolute Gasteiger partial charge is 0.324 e. The van der Waals surface area contributed by atoms with Gasteiger partial charge in [-0.05, 0) is 44.4 Å². The van der Waals surface area contributed by atoms with Crippen LogP contribution in [0.3, 0.4) is 0 Å². The molecular formula is C14H24N2. The Morgan fingerprint density at radius 3 is 2.19 bits per heavy atom. The van der Waals surface area contributed by atoms with Crippen molar-refractivity contribution in [2.24, 2.45) is 5.73 Å². The van der Waals surface area contributed by atoms with Crippen LogP contribution in [0.1, 0.15) is 31.9 Å². The van der Waals surface area contributed by atoms with E-state index in [4.69, 9.17) is 5.73 Å². The van der Waals surface area contributed by atoms with Crippen molar-refractivity contribution >= 4 is 0 Å². The number of hydrogen-bond donors (Lipinski definition) is 2. The summed E-state index contributed by atoms with van der Waals surface area (Å²) in [6.07, 6.45) is 2.18. The van der Waals surface area contributed by atoms with Crippen molar-refractivity contribution in [3.8, 4) is 0 Å². The predicted octanol–water partition coefficient (Wildman–Crippen LogP) is 2.12. The quantitative estimate of drug-likeness (QED) is 0.721. The molecule has 0 fully saturated rings. The lowest BCUT2D eigenvalue weighted by Gasteiger charge is -2.18. The molecule has 1 aromatic rings. The molecule has 0 aromatic heterocycles. The van der Waals surface area contributed by atoms with Crippen LogP contribution in [0.15, 0.2) is 24.3 Å². The molecule has 0 aliphatic carbocycles. The first kappa shape index (κ1) is 13.2. The van der Waals surface area contributed by atoms with E-state index >= 15 is 0 Å². The lowest BCUT2D eigenvalue weighted by Crippen LogP contribution is -2.43. The van der Waals surface area contributed by atoms with Crippen LogP contribution in [0.4, 0.5) is 0 Å². The molecule has 0 amide bonds. The smallest absolute Gasteiger partial charge is 0.0223 e. The van der Waals surface area contributed by atoms with E-state index < -0.39 is 0 Å². The Morgan fingerprint density at radius 2 is 1.69 bits per heavy atom. The van der Waals surface area contributed by atoms with Crippen LogP contribution >= 0.6 is 0 Å². The third-order valence-electron chi connectivity index (χ3n) is 2.60. The third-order valence-corrected chi connectivity index (χ3v) is 2.60. The van der Waals surface area contributed by atoms with Crippen molar-refractivity contribution in [2.45, 2.75) is 39.2 Å². The highest BCUT2D eigenvalue weighted by Gasteiger charge is 2.08. The van der Waals surface area contributed by atoms with Gasteiger partial charge in [0.1, 0.15) is 0 Å². The first-order valence-corrected chi connectivity index (χ1v) is 6.08. The first-order valence-electron chi connectivity index (χ1n) is 6.08. The molecule has 0 radical (unpaired) electrons. The van der Waals surface area contributed by atoms with Crippen molar-refractivity contribution in [2.75, 3.05) is 13.1 Å². The van der Waals surface area contributed by atoms with Crippen LogP contribution < -0.4 is 11.1 Å². The van der Waals surface area contributed by atoms with Gasteiger partial charge in [-0.3, -0.25) is 0 Å². The van der Waals surface area contributed by atoms with E-state index in [2.05, 4.69) is 36.5 Å². The fraction of sp³-hybridized carbons (Fsp3) is 0.571. The van der Waals surface area contributed by atoms with E-state index in [0.717, 1.165) is 25.9 Å². The second-order valence-corrected chi connectivity index (χ2v) is 5.09. The summed E-state index contributed by atoms with van der Waals surface area (Å²) in [5.74, 6) is 0. The topological polar surface area (TPSA) is 38.0 Å². The Hall–Kier alpha value is -0.860. The summed E-state index contributed by atoms with van der Waals surface area (Å²) in [5, 5.41) is 3.38. The Balaban J connectivity index is 2.27. The molecule has 2 nitrogen and oxygen atoms in total. The van der Waals surface area contributed by atoms with Crippen LogP contribution in [-0.4, -0.2) is 18.6 Å². The highest BCUT2D eigenvalue weighted by Crippen LogP contribution is 2.05. The number of aryl methyl sites for hydroxylation is 1. The van der Waals surface area contributed by atoms with Crippen LogP contribution in [0.2, 0.25) is 0 Å². The molecule has 1 rings (SSSR count). The minimum atomic E-state index is -0.119. The van der Waals surface area contributed by atoms with Gasteiger partial charge in [0.05, 0.1) is 0 Å². The molecule has 0 bridgehead atoms. The fourth-order valence-electron chi connectivity index (χ4n) is 1.58. The Bertz CT molecular complexity index is 296. The van der Waals surface area contributed by atoms with E-state index in [1.165, 1.54) is 11.1 Å². The maximum Gasteiger partial charge on any atom is 0.0223 e. The second-order valence-electron chi connectivity index (χ2n) is 5.09. The van der Waals surface area contributed by atoms with Crippen LogP contribution in [-0.2, 0) is 12.8 Å². The van der Waals surface area contributed by atoms with Crippen molar-refractivity contribution in [1.82, 2.24) is 5.32 Å². The molecule has 0 unspecified atom stereocenters. The van der Waals surface area contributed by atoms with Crippen LogP contribution in [0.25, 0.3) is 0 Å². The van der Waals surface area contributed by atoms with Gasteiger partial charge in [-0.15, -0.1) is 0 Å². The van der Waals surface area contributed by atoms with Crippen LogP contribution in [0.5, 0.6) is 0 Å². The Kier molecular flexibility index (Phi) is 4.97. The molecule has 0 atom stereocenters. The number of benzene rings is 1. The number of nitrogens with two attached hydrogens (primary N) is 1. The average molecular weight is 220 g/mol.